The standard InChI is InChI=1S/C14H18N2O2S/c1-9(2)18-11-4-10(6-16-7-11)14(15)13-5-12(17-3)8-19-13/h4-9,14H,15H2,1-3H3. The lowest BCUT2D eigenvalue weighted by molar-refractivity contribution is 0.241. The molecule has 0 fully saturated rings. The van der Waals surface area contributed by atoms with Crippen LogP contribution in [0, 0.1) is 0 Å². The number of nitrogens with zero attached hydrogens (tertiary/aromatic N) is 1. The van der Waals surface area contributed by atoms with Gasteiger partial charge in [0.05, 0.1) is 25.5 Å². The van der Waals surface area contributed by atoms with Crippen molar-refractivity contribution in [2.45, 2.75) is 26.0 Å². The van der Waals surface area contributed by atoms with Crippen LogP contribution in [-0.2, 0) is 0 Å². The molecule has 0 saturated heterocycles. The highest BCUT2D eigenvalue weighted by Crippen LogP contribution is 2.30. The predicted molar refractivity (Wildman–Crippen MR) is 76.9 cm³/mol. The van der Waals surface area contributed by atoms with Gasteiger partial charge in [0.15, 0.2) is 0 Å². The van der Waals surface area contributed by atoms with Crippen molar-refractivity contribution >= 4 is 11.3 Å². The molecular weight excluding hydrogens is 260 g/mol. The second kappa shape index (κ2) is 6.04. The number of ether oxygens (including phenoxy) is 2. The zero-order valence-electron chi connectivity index (χ0n) is 11.3. The van der Waals surface area contributed by atoms with E-state index in [9.17, 15) is 0 Å². The fourth-order valence-electron chi connectivity index (χ4n) is 1.71. The monoisotopic (exact) mass is 278 g/mol. The van der Waals surface area contributed by atoms with E-state index in [0.717, 1.165) is 21.9 Å². The largest absolute Gasteiger partial charge is 0.496 e. The zero-order chi connectivity index (χ0) is 13.8. The highest BCUT2D eigenvalue weighted by molar-refractivity contribution is 7.10. The van der Waals surface area contributed by atoms with E-state index >= 15 is 0 Å². The first kappa shape index (κ1) is 13.8. The molecule has 4 nitrogen and oxygen atoms in total. The van der Waals surface area contributed by atoms with Crippen LogP contribution in [0.15, 0.2) is 29.9 Å². The van der Waals surface area contributed by atoms with E-state index in [2.05, 4.69) is 4.98 Å². The summed E-state index contributed by atoms with van der Waals surface area (Å²) in [7, 11) is 1.65. The highest BCUT2D eigenvalue weighted by Gasteiger charge is 2.13. The Morgan fingerprint density at radius 1 is 1.21 bits per heavy atom. The summed E-state index contributed by atoms with van der Waals surface area (Å²) in [6.45, 7) is 3.97. The van der Waals surface area contributed by atoms with Crippen LogP contribution >= 0.6 is 11.3 Å². The number of methoxy groups -OCH3 is 1. The number of hydrogen-bond acceptors (Lipinski definition) is 5. The van der Waals surface area contributed by atoms with Gasteiger partial charge in [-0.15, -0.1) is 11.3 Å². The molecule has 0 bridgehead atoms. The highest BCUT2D eigenvalue weighted by atomic mass is 32.1. The van der Waals surface area contributed by atoms with Gasteiger partial charge in [0.1, 0.15) is 11.5 Å². The molecule has 2 aromatic rings. The van der Waals surface area contributed by atoms with E-state index in [-0.39, 0.29) is 12.1 Å². The number of aromatic nitrogens is 1. The van der Waals surface area contributed by atoms with Gasteiger partial charge < -0.3 is 15.2 Å². The molecule has 0 radical (unpaired) electrons. The molecule has 2 heterocycles. The summed E-state index contributed by atoms with van der Waals surface area (Å²) in [5.41, 5.74) is 7.18. The molecule has 0 aliphatic rings. The molecule has 5 heteroatoms. The van der Waals surface area contributed by atoms with Gasteiger partial charge in [-0.25, -0.2) is 0 Å². The lowest BCUT2D eigenvalue weighted by Crippen LogP contribution is -2.12. The zero-order valence-corrected chi connectivity index (χ0v) is 12.1. The topological polar surface area (TPSA) is 57.4 Å². The predicted octanol–water partition coefficient (Wildman–Crippen LogP) is 2.99. The van der Waals surface area contributed by atoms with Crippen LogP contribution in [0.3, 0.4) is 0 Å². The average molecular weight is 278 g/mol. The molecular formula is C14H18N2O2S. The molecule has 0 aliphatic heterocycles. The Hall–Kier alpha value is -1.59. The first-order valence-corrected chi connectivity index (χ1v) is 6.97. The maximum absolute atomic E-state index is 6.24. The normalized spacial score (nSPS) is 12.5. The van der Waals surface area contributed by atoms with Gasteiger partial charge in [0, 0.05) is 16.5 Å². The van der Waals surface area contributed by atoms with Gasteiger partial charge in [0.2, 0.25) is 0 Å². The first-order chi connectivity index (χ1) is 9.10. The van der Waals surface area contributed by atoms with Crippen LogP contribution in [0.5, 0.6) is 11.5 Å². The summed E-state index contributed by atoms with van der Waals surface area (Å²) in [6, 6.07) is 3.67. The fourth-order valence-corrected chi connectivity index (χ4v) is 2.59. The van der Waals surface area contributed by atoms with Gasteiger partial charge in [-0.05, 0) is 31.5 Å². The van der Waals surface area contributed by atoms with Crippen molar-refractivity contribution in [1.82, 2.24) is 4.98 Å². The Bertz CT molecular complexity index is 540. The van der Waals surface area contributed by atoms with Crippen LogP contribution in [-0.4, -0.2) is 18.2 Å². The Morgan fingerprint density at radius 3 is 2.63 bits per heavy atom. The third kappa shape index (κ3) is 3.45. The first-order valence-electron chi connectivity index (χ1n) is 6.09. The molecule has 0 aromatic carbocycles. The fraction of sp³-hybridized carbons (Fsp3) is 0.357. The Kier molecular flexibility index (Phi) is 4.39. The van der Waals surface area contributed by atoms with Gasteiger partial charge in [0.25, 0.3) is 0 Å². The van der Waals surface area contributed by atoms with E-state index in [1.54, 1.807) is 30.8 Å². The molecule has 2 rings (SSSR count). The van der Waals surface area contributed by atoms with Crippen molar-refractivity contribution in [3.63, 3.8) is 0 Å². The summed E-state index contributed by atoms with van der Waals surface area (Å²) in [5, 5.41) is 1.94. The van der Waals surface area contributed by atoms with Crippen LogP contribution in [0.25, 0.3) is 0 Å². The molecule has 1 unspecified atom stereocenters. The maximum atomic E-state index is 6.24. The summed E-state index contributed by atoms with van der Waals surface area (Å²) < 4.78 is 10.8. The van der Waals surface area contributed by atoms with Gasteiger partial charge in [-0.2, -0.15) is 0 Å². The lowest BCUT2D eigenvalue weighted by atomic mass is 10.1. The van der Waals surface area contributed by atoms with E-state index in [1.807, 2.05) is 31.4 Å². The van der Waals surface area contributed by atoms with Gasteiger partial charge in [-0.1, -0.05) is 0 Å². The van der Waals surface area contributed by atoms with Crippen molar-refractivity contribution in [3.8, 4) is 11.5 Å². The Labute approximate surface area is 117 Å². The van der Waals surface area contributed by atoms with Gasteiger partial charge >= 0.3 is 0 Å². The van der Waals surface area contributed by atoms with Crippen LogP contribution in [0.1, 0.15) is 30.3 Å². The average Bonchev–Trinajstić information content (AvgIpc) is 2.86. The minimum atomic E-state index is -0.211. The molecule has 1 atom stereocenters. The lowest BCUT2D eigenvalue weighted by Gasteiger charge is -2.13. The number of hydrogen-bond donors (Lipinski definition) is 1. The summed E-state index contributed by atoms with van der Waals surface area (Å²) in [4.78, 5) is 5.22. The molecule has 0 spiro atoms. The van der Waals surface area contributed by atoms with Crippen molar-refractivity contribution < 1.29 is 9.47 Å². The maximum Gasteiger partial charge on any atom is 0.138 e. The van der Waals surface area contributed by atoms with E-state index in [4.69, 9.17) is 15.2 Å². The second-order valence-electron chi connectivity index (χ2n) is 4.49. The van der Waals surface area contributed by atoms with E-state index < -0.39 is 0 Å². The molecule has 0 amide bonds. The van der Waals surface area contributed by atoms with Gasteiger partial charge in [-0.3, -0.25) is 4.98 Å². The molecule has 2 N–H and O–H groups in total. The van der Waals surface area contributed by atoms with E-state index in [1.165, 1.54) is 0 Å². The minimum Gasteiger partial charge on any atom is -0.496 e. The van der Waals surface area contributed by atoms with Crippen LogP contribution < -0.4 is 15.2 Å². The van der Waals surface area contributed by atoms with Crippen LogP contribution in [0.4, 0.5) is 0 Å². The van der Waals surface area contributed by atoms with Crippen molar-refractivity contribution in [3.05, 3.63) is 40.3 Å². The molecule has 0 aliphatic carbocycles. The third-order valence-corrected chi connectivity index (χ3v) is 3.60. The summed E-state index contributed by atoms with van der Waals surface area (Å²) >= 11 is 1.58. The Morgan fingerprint density at radius 2 is 2.00 bits per heavy atom. The quantitative estimate of drug-likeness (QED) is 0.913. The van der Waals surface area contributed by atoms with Crippen LogP contribution in [0.2, 0.25) is 0 Å². The number of nitrogens with two attached hydrogens (primary N) is 1. The third-order valence-electron chi connectivity index (χ3n) is 2.60. The smallest absolute Gasteiger partial charge is 0.138 e. The van der Waals surface area contributed by atoms with Crippen molar-refractivity contribution in [2.24, 2.45) is 5.73 Å². The van der Waals surface area contributed by atoms with E-state index in [0.29, 0.717) is 0 Å². The van der Waals surface area contributed by atoms with Crippen molar-refractivity contribution in [2.75, 3.05) is 7.11 Å². The molecule has 0 saturated carbocycles. The molecule has 2 aromatic heterocycles. The summed E-state index contributed by atoms with van der Waals surface area (Å²) in [5.74, 6) is 1.57. The second-order valence-corrected chi connectivity index (χ2v) is 5.43. The number of rotatable bonds is 5. The Balaban J connectivity index is 2.20. The minimum absolute atomic E-state index is 0.120. The number of thiophene rings is 1. The molecule has 19 heavy (non-hydrogen) atoms. The molecule has 102 valence electrons. The SMILES string of the molecule is COc1csc(C(N)c2cncc(OC(C)C)c2)c1. The summed E-state index contributed by atoms with van der Waals surface area (Å²) in [6.07, 6.45) is 3.59. The number of pyridine rings is 1. The van der Waals surface area contributed by atoms with Crippen molar-refractivity contribution in [1.29, 1.82) is 0 Å².